The summed E-state index contributed by atoms with van der Waals surface area (Å²) in [5, 5.41) is 2.93. The molecule has 0 aromatic heterocycles. The molecule has 0 bridgehead atoms. The van der Waals surface area contributed by atoms with Crippen LogP contribution in [0, 0.1) is 25.6 Å². The zero-order valence-electron chi connectivity index (χ0n) is 16.1. The van der Waals surface area contributed by atoms with Crippen molar-refractivity contribution in [2.45, 2.75) is 32.4 Å². The number of hydrogen-bond donors (Lipinski definition) is 1. The molecule has 5 nitrogen and oxygen atoms in total. The second-order valence-electron chi connectivity index (χ2n) is 7.39. The maximum Gasteiger partial charge on any atom is 0.228 e. The minimum Gasteiger partial charge on any atom is -0.326 e. The van der Waals surface area contributed by atoms with Gasteiger partial charge >= 0.3 is 0 Å². The van der Waals surface area contributed by atoms with E-state index in [0.717, 1.165) is 16.8 Å². The first kappa shape index (κ1) is 20.5. The van der Waals surface area contributed by atoms with E-state index in [2.05, 4.69) is 5.32 Å². The Morgan fingerprint density at radius 1 is 1.18 bits per heavy atom. The van der Waals surface area contributed by atoms with E-state index in [-0.39, 0.29) is 18.2 Å². The van der Waals surface area contributed by atoms with Crippen LogP contribution in [0.1, 0.15) is 29.5 Å². The zero-order valence-corrected chi connectivity index (χ0v) is 16.9. The number of halogens is 1. The molecule has 1 N–H and O–H groups in total. The predicted octanol–water partition coefficient (Wildman–Crippen LogP) is 3.62. The molecule has 0 aliphatic carbocycles. The molecule has 1 aliphatic heterocycles. The number of hydrogen-bond acceptors (Lipinski definition) is 3. The Morgan fingerprint density at radius 2 is 1.89 bits per heavy atom. The van der Waals surface area contributed by atoms with Crippen molar-refractivity contribution in [1.29, 1.82) is 0 Å². The van der Waals surface area contributed by atoms with Crippen LogP contribution >= 0.6 is 0 Å². The van der Waals surface area contributed by atoms with Crippen molar-refractivity contribution in [2.75, 3.05) is 18.4 Å². The molecule has 3 rings (SSSR count). The number of sulfonamides is 1. The van der Waals surface area contributed by atoms with Crippen LogP contribution in [0.5, 0.6) is 0 Å². The zero-order chi connectivity index (χ0) is 20.3. The maximum absolute atomic E-state index is 13.0. The Bertz CT molecular complexity index is 958. The molecular formula is C21H25FN2O3S. The van der Waals surface area contributed by atoms with Gasteiger partial charge in [-0.25, -0.2) is 17.1 Å². The van der Waals surface area contributed by atoms with Gasteiger partial charge in [-0.1, -0.05) is 29.8 Å². The van der Waals surface area contributed by atoms with E-state index in [1.807, 2.05) is 32.0 Å². The summed E-state index contributed by atoms with van der Waals surface area (Å²) in [4.78, 5) is 12.7. The van der Waals surface area contributed by atoms with Gasteiger partial charge in [0.2, 0.25) is 15.9 Å². The van der Waals surface area contributed by atoms with E-state index in [4.69, 9.17) is 0 Å². The summed E-state index contributed by atoms with van der Waals surface area (Å²) < 4.78 is 39.9. The third-order valence-corrected chi connectivity index (χ3v) is 6.87. The summed E-state index contributed by atoms with van der Waals surface area (Å²) in [6.07, 6.45) is 1.28. The number of rotatable bonds is 5. The van der Waals surface area contributed by atoms with Crippen LogP contribution in [-0.4, -0.2) is 31.7 Å². The van der Waals surface area contributed by atoms with Crippen molar-refractivity contribution in [3.05, 3.63) is 65.0 Å². The van der Waals surface area contributed by atoms with Gasteiger partial charge in [-0.05, 0) is 56.0 Å². The van der Waals surface area contributed by atoms with Gasteiger partial charge < -0.3 is 5.32 Å². The molecule has 1 fully saturated rings. The number of nitrogens with one attached hydrogen (secondary N) is 1. The van der Waals surface area contributed by atoms with Crippen molar-refractivity contribution in [3.8, 4) is 0 Å². The first-order valence-corrected chi connectivity index (χ1v) is 11.0. The van der Waals surface area contributed by atoms with Crippen LogP contribution in [-0.2, 0) is 20.6 Å². The number of piperidine rings is 1. The highest BCUT2D eigenvalue weighted by molar-refractivity contribution is 7.88. The number of nitrogens with zero attached hydrogens (tertiary/aromatic N) is 1. The molecule has 150 valence electrons. The largest absolute Gasteiger partial charge is 0.326 e. The average molecular weight is 405 g/mol. The third kappa shape index (κ3) is 4.97. The summed E-state index contributed by atoms with van der Waals surface area (Å²) in [5.74, 6) is -1.15. The van der Waals surface area contributed by atoms with E-state index in [0.29, 0.717) is 24.9 Å². The number of aryl methyl sites for hydroxylation is 2. The van der Waals surface area contributed by atoms with Gasteiger partial charge in [0.05, 0.1) is 11.7 Å². The lowest BCUT2D eigenvalue weighted by molar-refractivity contribution is -0.120. The fourth-order valence-electron chi connectivity index (χ4n) is 3.48. The molecule has 1 unspecified atom stereocenters. The van der Waals surface area contributed by atoms with Crippen LogP contribution < -0.4 is 5.32 Å². The molecular weight excluding hydrogens is 379 g/mol. The van der Waals surface area contributed by atoms with Crippen LogP contribution in [0.2, 0.25) is 0 Å². The van der Waals surface area contributed by atoms with E-state index >= 15 is 0 Å². The lowest BCUT2D eigenvalue weighted by Crippen LogP contribution is -2.44. The normalized spacial score (nSPS) is 18.0. The summed E-state index contributed by atoms with van der Waals surface area (Å²) in [5.41, 5.74) is 3.38. The summed E-state index contributed by atoms with van der Waals surface area (Å²) in [6, 6.07) is 11.2. The fourth-order valence-corrected chi connectivity index (χ4v) is 5.09. The van der Waals surface area contributed by atoms with Crippen molar-refractivity contribution in [2.24, 2.45) is 5.92 Å². The fraction of sp³-hybridized carbons (Fsp3) is 0.381. The molecule has 28 heavy (non-hydrogen) atoms. The molecule has 1 heterocycles. The van der Waals surface area contributed by atoms with Crippen molar-refractivity contribution >= 4 is 21.6 Å². The highest BCUT2D eigenvalue weighted by Crippen LogP contribution is 2.24. The van der Waals surface area contributed by atoms with Crippen molar-refractivity contribution < 1.29 is 17.6 Å². The summed E-state index contributed by atoms with van der Waals surface area (Å²) in [7, 11) is -3.57. The van der Waals surface area contributed by atoms with E-state index in [1.165, 1.54) is 28.6 Å². The minimum absolute atomic E-state index is 0.159. The van der Waals surface area contributed by atoms with E-state index < -0.39 is 21.8 Å². The average Bonchev–Trinajstić information content (AvgIpc) is 2.66. The van der Waals surface area contributed by atoms with Gasteiger partial charge in [-0.2, -0.15) is 0 Å². The lowest BCUT2D eigenvalue weighted by Gasteiger charge is -2.31. The number of anilines is 1. The van der Waals surface area contributed by atoms with Gasteiger partial charge in [0.15, 0.2) is 0 Å². The van der Waals surface area contributed by atoms with Crippen LogP contribution in [0.25, 0.3) is 0 Å². The maximum atomic E-state index is 13.0. The summed E-state index contributed by atoms with van der Waals surface area (Å²) >= 11 is 0. The molecule has 7 heteroatoms. The SMILES string of the molecule is Cc1ccc(NC(=O)C2CCCN(S(=O)(=O)Cc3ccc(F)cc3)C2)c(C)c1. The third-order valence-electron chi connectivity index (χ3n) is 5.05. The minimum atomic E-state index is -3.57. The van der Waals surface area contributed by atoms with Crippen molar-refractivity contribution in [1.82, 2.24) is 4.31 Å². The van der Waals surface area contributed by atoms with Gasteiger partial charge in [-0.3, -0.25) is 4.79 Å². The smallest absolute Gasteiger partial charge is 0.228 e. The van der Waals surface area contributed by atoms with E-state index in [1.54, 1.807) is 0 Å². The Labute approximate surface area is 165 Å². The quantitative estimate of drug-likeness (QED) is 0.828. The van der Waals surface area contributed by atoms with Crippen LogP contribution in [0.3, 0.4) is 0 Å². The summed E-state index contributed by atoms with van der Waals surface area (Å²) in [6.45, 7) is 4.49. The molecule has 0 radical (unpaired) electrons. The van der Waals surface area contributed by atoms with Gasteiger partial charge in [0, 0.05) is 18.8 Å². The highest BCUT2D eigenvalue weighted by Gasteiger charge is 2.32. The standard InChI is InChI=1S/C21H25FN2O3S/c1-15-5-10-20(16(2)12-15)23-21(25)18-4-3-11-24(13-18)28(26,27)14-17-6-8-19(22)9-7-17/h5-10,12,18H,3-4,11,13-14H2,1-2H3,(H,23,25). The second kappa shape index (κ2) is 8.41. The van der Waals surface area contributed by atoms with Crippen molar-refractivity contribution in [3.63, 3.8) is 0 Å². The van der Waals surface area contributed by atoms with Gasteiger partial charge in [0.1, 0.15) is 5.82 Å². The Balaban J connectivity index is 1.67. The molecule has 1 aliphatic rings. The second-order valence-corrected chi connectivity index (χ2v) is 9.36. The molecule has 1 saturated heterocycles. The molecule has 1 atom stereocenters. The Kier molecular flexibility index (Phi) is 6.15. The molecule has 0 spiro atoms. The number of carbonyl (C=O) groups excluding carboxylic acids is 1. The molecule has 1 amide bonds. The highest BCUT2D eigenvalue weighted by atomic mass is 32.2. The van der Waals surface area contributed by atoms with Gasteiger partial charge in [0.25, 0.3) is 0 Å². The topological polar surface area (TPSA) is 66.5 Å². The number of carbonyl (C=O) groups is 1. The van der Waals surface area contributed by atoms with Gasteiger partial charge in [-0.15, -0.1) is 0 Å². The number of benzene rings is 2. The number of amides is 1. The van der Waals surface area contributed by atoms with E-state index in [9.17, 15) is 17.6 Å². The molecule has 2 aromatic rings. The molecule has 0 saturated carbocycles. The van der Waals surface area contributed by atoms with Crippen LogP contribution in [0.15, 0.2) is 42.5 Å². The Hall–Kier alpha value is -2.25. The molecule has 2 aromatic carbocycles. The first-order chi connectivity index (χ1) is 13.2. The monoisotopic (exact) mass is 404 g/mol. The van der Waals surface area contributed by atoms with Crippen LogP contribution in [0.4, 0.5) is 10.1 Å². The first-order valence-electron chi connectivity index (χ1n) is 9.35. The Morgan fingerprint density at radius 3 is 2.57 bits per heavy atom. The lowest BCUT2D eigenvalue weighted by atomic mass is 9.98. The predicted molar refractivity (Wildman–Crippen MR) is 108 cm³/mol.